The molecule has 5 aromatic rings. The molecule has 2 aromatic heterocycles. The third kappa shape index (κ3) is 2.91. The molecule has 0 saturated carbocycles. The molecule has 6 heteroatoms. The maximum absolute atomic E-state index is 11.4. The van der Waals surface area contributed by atoms with Gasteiger partial charge in [-0.05, 0) is 53.6 Å². The van der Waals surface area contributed by atoms with Crippen LogP contribution in [-0.4, -0.2) is 26.2 Å². The minimum atomic E-state index is -1.04. The molecule has 0 bridgehead atoms. The molecule has 0 aliphatic rings. The molecule has 2 heterocycles. The molecule has 0 radical (unpaired) electrons. The number of hydrogen-bond donors (Lipinski definition) is 4. The Balaban J connectivity index is 1.71. The summed E-state index contributed by atoms with van der Waals surface area (Å²) in [6.07, 6.45) is 0. The number of carboxylic acids is 1. The van der Waals surface area contributed by atoms with E-state index in [1.54, 1.807) is 12.1 Å². The van der Waals surface area contributed by atoms with Crippen molar-refractivity contribution in [2.45, 2.75) is 0 Å². The topological polar surface area (TPSA) is 112 Å². The molecular formula is C24H17N3O3. The molecule has 146 valence electrons. The van der Waals surface area contributed by atoms with Gasteiger partial charge in [0.2, 0.25) is 0 Å². The van der Waals surface area contributed by atoms with Crippen molar-refractivity contribution in [3.63, 3.8) is 0 Å². The Morgan fingerprint density at radius 1 is 0.933 bits per heavy atom. The predicted molar refractivity (Wildman–Crippen MR) is 118 cm³/mol. The molecule has 0 aliphatic heterocycles. The highest BCUT2D eigenvalue weighted by atomic mass is 16.4. The van der Waals surface area contributed by atoms with Gasteiger partial charge in [-0.2, -0.15) is 0 Å². The summed E-state index contributed by atoms with van der Waals surface area (Å²) in [6.45, 7) is 0. The molecule has 0 unspecified atom stereocenters. The zero-order valence-electron chi connectivity index (χ0n) is 15.8. The van der Waals surface area contributed by atoms with Crippen LogP contribution in [0.15, 0.2) is 72.8 Å². The number of hydrogen-bond acceptors (Lipinski definition) is 4. The first-order valence-corrected chi connectivity index (χ1v) is 9.35. The molecule has 0 amide bonds. The quantitative estimate of drug-likeness (QED) is 0.320. The summed E-state index contributed by atoms with van der Waals surface area (Å²) in [7, 11) is 0. The number of anilines is 1. The number of nitrogen functional groups attached to an aromatic ring is 1. The van der Waals surface area contributed by atoms with E-state index in [-0.39, 0.29) is 11.4 Å². The lowest BCUT2D eigenvalue weighted by Crippen LogP contribution is -1.98. The Kier molecular flexibility index (Phi) is 3.93. The molecule has 0 spiro atoms. The van der Waals surface area contributed by atoms with E-state index >= 15 is 0 Å². The third-order valence-electron chi connectivity index (χ3n) is 5.17. The average molecular weight is 395 g/mol. The van der Waals surface area contributed by atoms with Gasteiger partial charge in [0, 0.05) is 22.0 Å². The van der Waals surface area contributed by atoms with Gasteiger partial charge in [0.25, 0.3) is 0 Å². The normalized spacial score (nSPS) is 11.2. The van der Waals surface area contributed by atoms with Crippen molar-refractivity contribution < 1.29 is 15.0 Å². The Labute approximate surface area is 171 Å². The van der Waals surface area contributed by atoms with Crippen LogP contribution in [0.2, 0.25) is 0 Å². The first-order chi connectivity index (χ1) is 14.5. The predicted octanol–water partition coefficient (Wildman–Crippen LogP) is 5.04. The summed E-state index contributed by atoms with van der Waals surface area (Å²) < 4.78 is 0. The third-order valence-corrected chi connectivity index (χ3v) is 5.17. The molecule has 0 aliphatic carbocycles. The van der Waals surface area contributed by atoms with Crippen LogP contribution >= 0.6 is 0 Å². The second kappa shape index (κ2) is 6.63. The van der Waals surface area contributed by atoms with Gasteiger partial charge in [-0.3, -0.25) is 0 Å². The summed E-state index contributed by atoms with van der Waals surface area (Å²) in [5.74, 6) is -1.01. The lowest BCUT2D eigenvalue weighted by Gasteiger charge is -2.07. The second-order valence-electron chi connectivity index (χ2n) is 7.15. The average Bonchev–Trinajstić information content (AvgIpc) is 3.07. The van der Waals surface area contributed by atoms with E-state index in [1.807, 2.05) is 54.6 Å². The number of carbonyl (C=O) groups is 1. The molecule has 3 aromatic carbocycles. The van der Waals surface area contributed by atoms with Crippen LogP contribution in [0.4, 0.5) is 5.69 Å². The highest BCUT2D eigenvalue weighted by molar-refractivity contribution is 6.01. The zero-order chi connectivity index (χ0) is 20.8. The highest BCUT2D eigenvalue weighted by Gasteiger charge is 2.16. The van der Waals surface area contributed by atoms with Gasteiger partial charge in [0.15, 0.2) is 5.88 Å². The number of fused-ring (bicyclic) bond motifs is 2. The smallest absolute Gasteiger partial charge is 0.335 e. The zero-order valence-corrected chi connectivity index (χ0v) is 15.8. The van der Waals surface area contributed by atoms with Crippen molar-refractivity contribution >= 4 is 33.5 Å². The number of aromatic nitrogens is 2. The maximum atomic E-state index is 11.4. The first kappa shape index (κ1) is 17.8. The highest BCUT2D eigenvalue weighted by Crippen LogP contribution is 2.38. The fourth-order valence-electron chi connectivity index (χ4n) is 3.76. The molecule has 30 heavy (non-hydrogen) atoms. The van der Waals surface area contributed by atoms with Gasteiger partial charge < -0.3 is 20.9 Å². The van der Waals surface area contributed by atoms with Gasteiger partial charge >= 0.3 is 5.97 Å². The Bertz CT molecular complexity index is 1450. The monoisotopic (exact) mass is 395 g/mol. The van der Waals surface area contributed by atoms with E-state index in [9.17, 15) is 15.0 Å². The van der Waals surface area contributed by atoms with Crippen LogP contribution in [0, 0.1) is 0 Å². The number of aromatic amines is 1. The van der Waals surface area contributed by atoms with E-state index in [4.69, 9.17) is 10.7 Å². The molecule has 0 saturated heterocycles. The number of aromatic carboxylic acids is 1. The van der Waals surface area contributed by atoms with E-state index in [2.05, 4.69) is 4.98 Å². The van der Waals surface area contributed by atoms with Crippen LogP contribution in [0.5, 0.6) is 5.88 Å². The number of rotatable bonds is 3. The number of benzene rings is 3. The Morgan fingerprint density at radius 2 is 1.77 bits per heavy atom. The minimum Gasteiger partial charge on any atom is -0.494 e. The van der Waals surface area contributed by atoms with Crippen LogP contribution in [-0.2, 0) is 0 Å². The summed E-state index contributed by atoms with van der Waals surface area (Å²) in [5.41, 5.74) is 10.7. The summed E-state index contributed by atoms with van der Waals surface area (Å²) in [5, 5.41) is 21.7. The van der Waals surface area contributed by atoms with Crippen LogP contribution in [0.25, 0.3) is 44.2 Å². The number of aromatic hydroxyl groups is 1. The van der Waals surface area contributed by atoms with Crippen LogP contribution < -0.4 is 5.73 Å². The number of H-pyrrole nitrogens is 1. The van der Waals surface area contributed by atoms with Crippen molar-refractivity contribution in [2.75, 3.05) is 5.73 Å². The fraction of sp³-hybridized carbons (Fsp3) is 0. The fourth-order valence-corrected chi connectivity index (χ4v) is 3.76. The largest absolute Gasteiger partial charge is 0.494 e. The molecule has 5 N–H and O–H groups in total. The number of para-hydroxylation sites is 1. The number of nitrogens with two attached hydrogens (primary N) is 1. The SMILES string of the molecule is Nc1cc(C(=O)O)cc(-c2ccc3[nH]c(O)c(-c4ccc5ccccc5n4)c3c2)c1. The van der Waals surface area contributed by atoms with E-state index in [1.165, 1.54) is 6.07 Å². The Morgan fingerprint density at radius 3 is 2.60 bits per heavy atom. The summed E-state index contributed by atoms with van der Waals surface area (Å²) in [6, 6.07) is 22.0. The van der Waals surface area contributed by atoms with Crippen molar-refractivity contribution in [3.05, 3.63) is 78.4 Å². The van der Waals surface area contributed by atoms with Gasteiger partial charge in [-0.25, -0.2) is 9.78 Å². The molecule has 6 nitrogen and oxygen atoms in total. The van der Waals surface area contributed by atoms with Crippen molar-refractivity contribution in [1.82, 2.24) is 9.97 Å². The summed E-state index contributed by atoms with van der Waals surface area (Å²) >= 11 is 0. The van der Waals surface area contributed by atoms with Crippen molar-refractivity contribution in [3.8, 4) is 28.3 Å². The van der Waals surface area contributed by atoms with Crippen LogP contribution in [0.3, 0.4) is 0 Å². The standard InChI is InChI=1S/C24H17N3O3/c25-17-10-15(9-16(11-17)24(29)30)14-6-7-20-18(12-14)22(23(28)27-20)21-8-5-13-3-1-2-4-19(13)26-21/h1-12,27-28H,25H2,(H,29,30). The molecule has 0 atom stereocenters. The molecular weight excluding hydrogens is 378 g/mol. The van der Waals surface area contributed by atoms with Crippen molar-refractivity contribution in [1.29, 1.82) is 0 Å². The number of nitrogens with zero attached hydrogens (tertiary/aromatic N) is 1. The van der Waals surface area contributed by atoms with E-state index in [0.717, 1.165) is 27.4 Å². The maximum Gasteiger partial charge on any atom is 0.335 e. The van der Waals surface area contributed by atoms with Crippen LogP contribution in [0.1, 0.15) is 10.4 Å². The van der Waals surface area contributed by atoms with Gasteiger partial charge in [-0.1, -0.05) is 30.3 Å². The van der Waals surface area contributed by atoms with E-state index < -0.39 is 5.97 Å². The van der Waals surface area contributed by atoms with Gasteiger partial charge in [-0.15, -0.1) is 0 Å². The second-order valence-corrected chi connectivity index (χ2v) is 7.15. The number of nitrogens with one attached hydrogen (secondary N) is 1. The van der Waals surface area contributed by atoms with Gasteiger partial charge in [0.05, 0.1) is 22.3 Å². The molecule has 5 rings (SSSR count). The Hall–Kier alpha value is -4.32. The lowest BCUT2D eigenvalue weighted by atomic mass is 9.99. The molecule has 0 fully saturated rings. The lowest BCUT2D eigenvalue weighted by molar-refractivity contribution is 0.0697. The first-order valence-electron chi connectivity index (χ1n) is 9.35. The number of pyridine rings is 1. The number of carboxylic acid groups (broad SMARTS) is 1. The van der Waals surface area contributed by atoms with Crippen molar-refractivity contribution in [2.24, 2.45) is 0 Å². The van der Waals surface area contributed by atoms with Gasteiger partial charge in [0.1, 0.15) is 0 Å². The minimum absolute atomic E-state index is 0.0312. The summed E-state index contributed by atoms with van der Waals surface area (Å²) in [4.78, 5) is 19.1. The van der Waals surface area contributed by atoms with E-state index in [0.29, 0.717) is 22.5 Å².